The van der Waals surface area contributed by atoms with E-state index in [9.17, 15) is 4.79 Å². The number of aliphatic hydroxyl groups is 1. The summed E-state index contributed by atoms with van der Waals surface area (Å²) < 4.78 is 7.34. The van der Waals surface area contributed by atoms with Crippen molar-refractivity contribution in [3.8, 4) is 17.0 Å². The fraction of sp³-hybridized carbons (Fsp3) is 0.350. The van der Waals surface area contributed by atoms with Crippen LogP contribution in [0.2, 0.25) is 0 Å². The number of rotatable bonds is 5. The van der Waals surface area contributed by atoms with Gasteiger partial charge in [0.05, 0.1) is 30.1 Å². The summed E-state index contributed by atoms with van der Waals surface area (Å²) in [5.41, 5.74) is 3.56. The molecule has 3 rings (SSSR count). The number of ether oxygens (including phenoxy) is 1. The van der Waals surface area contributed by atoms with Crippen molar-refractivity contribution in [2.24, 2.45) is 0 Å². The van der Waals surface area contributed by atoms with E-state index in [1.54, 1.807) is 25.3 Å². The molecule has 0 bridgehead atoms. The lowest BCUT2D eigenvalue weighted by molar-refractivity contribution is 0.186. The molecule has 0 saturated carbocycles. The predicted molar refractivity (Wildman–Crippen MR) is 104 cm³/mol. The van der Waals surface area contributed by atoms with Crippen LogP contribution >= 0.6 is 0 Å². The first-order valence-corrected chi connectivity index (χ1v) is 8.92. The van der Waals surface area contributed by atoms with E-state index in [0.29, 0.717) is 5.75 Å². The summed E-state index contributed by atoms with van der Waals surface area (Å²) in [7, 11) is 0. The maximum absolute atomic E-state index is 12.1. The molecule has 27 heavy (non-hydrogen) atoms. The Kier molecular flexibility index (Phi) is 5.41. The first kappa shape index (κ1) is 18.8. The molecule has 1 aromatic carbocycles. The molecule has 7 nitrogen and oxygen atoms in total. The zero-order valence-corrected chi connectivity index (χ0v) is 15.9. The van der Waals surface area contributed by atoms with Crippen molar-refractivity contribution in [3.63, 3.8) is 0 Å². The van der Waals surface area contributed by atoms with Crippen molar-refractivity contribution in [1.29, 1.82) is 0 Å². The van der Waals surface area contributed by atoms with Crippen LogP contribution in [-0.2, 0) is 0 Å². The normalized spacial score (nSPS) is 12.4. The summed E-state index contributed by atoms with van der Waals surface area (Å²) in [6, 6.07) is 7.28. The highest BCUT2D eigenvalue weighted by atomic mass is 16.6. The fourth-order valence-electron chi connectivity index (χ4n) is 2.81. The average Bonchev–Trinajstić information content (AvgIpc) is 3.05. The van der Waals surface area contributed by atoms with E-state index in [4.69, 9.17) is 9.84 Å². The third-order valence-corrected chi connectivity index (χ3v) is 4.21. The number of hydrogen-bond acceptors (Lipinski definition) is 5. The maximum atomic E-state index is 12.1. The molecule has 0 saturated heterocycles. The molecule has 2 heterocycles. The minimum atomic E-state index is -0.616. The number of aromatic nitrogens is 3. The minimum absolute atomic E-state index is 0.153. The molecule has 0 aliphatic rings. The van der Waals surface area contributed by atoms with Gasteiger partial charge >= 0.3 is 6.09 Å². The van der Waals surface area contributed by atoms with Crippen LogP contribution in [0.4, 0.5) is 4.79 Å². The summed E-state index contributed by atoms with van der Waals surface area (Å²) >= 11 is 0. The Labute approximate surface area is 158 Å². The number of pyridine rings is 1. The standard InChI is InChI=1S/C20H24N4O3/c1-12(2)24-19-8-15(27-20(26)23-14(4)11-25)7-16(17(19)10-22-24)18-6-5-13(3)9-21-18/h5-10,12,14,25H,11H2,1-4H3,(H,23,26)/t14-/m0/s1. The Morgan fingerprint density at radius 2 is 2.04 bits per heavy atom. The van der Waals surface area contributed by atoms with E-state index >= 15 is 0 Å². The van der Waals surface area contributed by atoms with Gasteiger partial charge in [-0.2, -0.15) is 5.10 Å². The van der Waals surface area contributed by atoms with Gasteiger partial charge in [-0.25, -0.2) is 4.79 Å². The molecule has 3 aromatic rings. The predicted octanol–water partition coefficient (Wildman–Crippen LogP) is 3.46. The van der Waals surface area contributed by atoms with Crippen molar-refractivity contribution < 1.29 is 14.6 Å². The second kappa shape index (κ2) is 7.75. The third-order valence-electron chi connectivity index (χ3n) is 4.21. The van der Waals surface area contributed by atoms with Gasteiger partial charge in [0.25, 0.3) is 0 Å². The highest BCUT2D eigenvalue weighted by Gasteiger charge is 2.16. The van der Waals surface area contributed by atoms with E-state index in [1.165, 1.54) is 0 Å². The molecule has 2 aromatic heterocycles. The third kappa shape index (κ3) is 4.09. The van der Waals surface area contributed by atoms with Crippen molar-refractivity contribution in [2.45, 2.75) is 39.8 Å². The first-order chi connectivity index (χ1) is 12.9. The highest BCUT2D eigenvalue weighted by Crippen LogP contribution is 2.33. The number of fused-ring (bicyclic) bond motifs is 1. The zero-order chi connectivity index (χ0) is 19.6. The number of nitrogens with one attached hydrogen (secondary N) is 1. The van der Waals surface area contributed by atoms with Crippen molar-refractivity contribution in [2.75, 3.05) is 6.61 Å². The monoisotopic (exact) mass is 368 g/mol. The molecule has 1 atom stereocenters. The number of aliphatic hydroxyl groups excluding tert-OH is 1. The number of benzene rings is 1. The molecular formula is C20H24N4O3. The van der Waals surface area contributed by atoms with Gasteiger partial charge in [0.2, 0.25) is 0 Å². The summed E-state index contributed by atoms with van der Waals surface area (Å²) in [6.07, 6.45) is 3.00. The van der Waals surface area contributed by atoms with E-state index in [1.807, 2.05) is 43.8 Å². The molecule has 0 radical (unpaired) electrons. The Morgan fingerprint density at radius 3 is 2.67 bits per heavy atom. The number of carbonyl (C=O) groups is 1. The molecular weight excluding hydrogens is 344 g/mol. The Hall–Kier alpha value is -2.93. The zero-order valence-electron chi connectivity index (χ0n) is 15.9. The number of carbonyl (C=O) groups excluding carboxylic acids is 1. The lowest BCUT2D eigenvalue weighted by Gasteiger charge is -2.13. The average molecular weight is 368 g/mol. The number of amides is 1. The lowest BCUT2D eigenvalue weighted by Crippen LogP contribution is -2.37. The number of nitrogens with zero attached hydrogens (tertiary/aromatic N) is 3. The van der Waals surface area contributed by atoms with Crippen LogP contribution < -0.4 is 10.1 Å². The van der Waals surface area contributed by atoms with Gasteiger partial charge < -0.3 is 15.2 Å². The molecule has 2 N–H and O–H groups in total. The number of aryl methyl sites for hydroxylation is 1. The van der Waals surface area contributed by atoms with E-state index in [-0.39, 0.29) is 18.7 Å². The largest absolute Gasteiger partial charge is 0.412 e. The topological polar surface area (TPSA) is 89.3 Å². The van der Waals surface area contributed by atoms with Gasteiger partial charge in [0.15, 0.2) is 0 Å². The van der Waals surface area contributed by atoms with E-state index < -0.39 is 6.09 Å². The van der Waals surface area contributed by atoms with Crippen molar-refractivity contribution >= 4 is 17.0 Å². The second-order valence-electron chi connectivity index (χ2n) is 6.92. The van der Waals surface area contributed by atoms with Gasteiger partial charge in [-0.05, 0) is 45.4 Å². The van der Waals surface area contributed by atoms with Gasteiger partial charge in [0, 0.05) is 29.3 Å². The molecule has 7 heteroatoms. The fourth-order valence-corrected chi connectivity index (χ4v) is 2.81. The molecule has 0 unspecified atom stereocenters. The smallest absolute Gasteiger partial charge is 0.410 e. The van der Waals surface area contributed by atoms with Crippen LogP contribution in [0.25, 0.3) is 22.2 Å². The Balaban J connectivity index is 2.07. The SMILES string of the molecule is Cc1ccc(-c2cc(OC(=O)N[C@@H](C)CO)cc3c2cnn3C(C)C)nc1. The van der Waals surface area contributed by atoms with Crippen LogP contribution in [-0.4, -0.2) is 38.6 Å². The van der Waals surface area contributed by atoms with Gasteiger partial charge in [0.1, 0.15) is 5.75 Å². The second-order valence-corrected chi connectivity index (χ2v) is 6.92. The quantitative estimate of drug-likeness (QED) is 0.720. The van der Waals surface area contributed by atoms with Gasteiger partial charge in [-0.1, -0.05) is 6.07 Å². The van der Waals surface area contributed by atoms with Crippen LogP contribution in [0, 0.1) is 6.92 Å². The summed E-state index contributed by atoms with van der Waals surface area (Å²) in [5, 5.41) is 17.1. The van der Waals surface area contributed by atoms with Gasteiger partial charge in [-0.15, -0.1) is 0 Å². The minimum Gasteiger partial charge on any atom is -0.410 e. The van der Waals surface area contributed by atoms with E-state index in [2.05, 4.69) is 15.4 Å². The molecule has 142 valence electrons. The van der Waals surface area contributed by atoms with Crippen molar-refractivity contribution in [3.05, 3.63) is 42.2 Å². The van der Waals surface area contributed by atoms with Crippen molar-refractivity contribution in [1.82, 2.24) is 20.1 Å². The maximum Gasteiger partial charge on any atom is 0.412 e. The van der Waals surface area contributed by atoms with Crippen LogP contribution in [0.1, 0.15) is 32.4 Å². The molecule has 1 amide bonds. The lowest BCUT2D eigenvalue weighted by atomic mass is 10.1. The molecule has 0 aliphatic carbocycles. The molecule has 0 aliphatic heterocycles. The molecule has 0 spiro atoms. The Bertz CT molecular complexity index is 948. The van der Waals surface area contributed by atoms with E-state index in [0.717, 1.165) is 27.7 Å². The summed E-state index contributed by atoms with van der Waals surface area (Å²) in [5.74, 6) is 0.393. The van der Waals surface area contributed by atoms with Gasteiger partial charge in [-0.3, -0.25) is 9.67 Å². The van der Waals surface area contributed by atoms with Crippen LogP contribution in [0.5, 0.6) is 5.75 Å². The Morgan fingerprint density at radius 1 is 1.26 bits per heavy atom. The molecule has 0 fully saturated rings. The van der Waals surface area contributed by atoms with Crippen LogP contribution in [0.15, 0.2) is 36.7 Å². The summed E-state index contributed by atoms with van der Waals surface area (Å²) in [6.45, 7) is 7.60. The highest BCUT2D eigenvalue weighted by molar-refractivity contribution is 5.95. The number of hydrogen-bond donors (Lipinski definition) is 2. The first-order valence-electron chi connectivity index (χ1n) is 8.92. The summed E-state index contributed by atoms with van der Waals surface area (Å²) in [4.78, 5) is 16.6. The van der Waals surface area contributed by atoms with Crippen LogP contribution in [0.3, 0.4) is 0 Å².